The van der Waals surface area contributed by atoms with E-state index in [1.807, 2.05) is 42.7 Å². The molecule has 2 aromatic heterocycles. The summed E-state index contributed by atoms with van der Waals surface area (Å²) in [5.74, 6) is 1.14. The predicted octanol–water partition coefficient (Wildman–Crippen LogP) is 5.14. The minimum absolute atomic E-state index is 0.113. The van der Waals surface area contributed by atoms with Crippen molar-refractivity contribution in [2.75, 3.05) is 6.61 Å². The molecular weight excluding hydrogens is 420 g/mol. The first-order chi connectivity index (χ1) is 14.4. The molecule has 1 atom stereocenters. The Morgan fingerprint density at radius 1 is 1.20 bits per heavy atom. The summed E-state index contributed by atoms with van der Waals surface area (Å²) >= 11 is 7.81. The molecule has 0 bridgehead atoms. The maximum absolute atomic E-state index is 12.5. The minimum atomic E-state index is -0.486. The van der Waals surface area contributed by atoms with Crippen LogP contribution in [-0.4, -0.2) is 33.1 Å². The van der Waals surface area contributed by atoms with Gasteiger partial charge in [-0.15, -0.1) is 21.5 Å². The van der Waals surface area contributed by atoms with Crippen molar-refractivity contribution >= 4 is 34.6 Å². The highest BCUT2D eigenvalue weighted by molar-refractivity contribution is 7.15. The molecule has 0 saturated heterocycles. The lowest BCUT2D eigenvalue weighted by Gasteiger charge is -2.12. The normalized spacial score (nSPS) is 15.2. The molecular formula is C22H23ClN4O2S. The first-order valence-corrected chi connectivity index (χ1v) is 11.1. The lowest BCUT2D eigenvalue weighted by Crippen LogP contribution is -2.13. The Kier molecular flexibility index (Phi) is 5.75. The van der Waals surface area contributed by atoms with Crippen LogP contribution < -0.4 is 0 Å². The van der Waals surface area contributed by atoms with Crippen LogP contribution in [0.25, 0.3) is 5.00 Å². The van der Waals surface area contributed by atoms with Crippen molar-refractivity contribution in [1.82, 2.24) is 14.8 Å². The molecule has 0 aliphatic carbocycles. The van der Waals surface area contributed by atoms with Gasteiger partial charge in [0, 0.05) is 21.0 Å². The van der Waals surface area contributed by atoms with Crippen molar-refractivity contribution in [1.29, 1.82) is 0 Å². The van der Waals surface area contributed by atoms with Gasteiger partial charge in [-0.3, -0.25) is 14.4 Å². The van der Waals surface area contributed by atoms with Crippen molar-refractivity contribution in [3.8, 4) is 5.00 Å². The van der Waals surface area contributed by atoms with Gasteiger partial charge in [0.2, 0.25) is 0 Å². The molecule has 8 heteroatoms. The molecule has 0 N–H and O–H groups in total. The van der Waals surface area contributed by atoms with Crippen molar-refractivity contribution < 1.29 is 9.53 Å². The fraction of sp³-hybridized carbons (Fsp3) is 0.364. The minimum Gasteiger partial charge on any atom is -0.466 e. The van der Waals surface area contributed by atoms with Gasteiger partial charge in [-0.25, -0.2) is 0 Å². The highest BCUT2D eigenvalue weighted by Gasteiger charge is 2.32. The van der Waals surface area contributed by atoms with Gasteiger partial charge in [-0.2, -0.15) is 0 Å². The Morgan fingerprint density at radius 2 is 1.93 bits per heavy atom. The van der Waals surface area contributed by atoms with Gasteiger partial charge < -0.3 is 4.74 Å². The van der Waals surface area contributed by atoms with E-state index < -0.39 is 6.04 Å². The Balaban J connectivity index is 1.91. The Bertz CT molecular complexity index is 1130. The Hall–Kier alpha value is -2.51. The molecule has 6 nitrogen and oxygen atoms in total. The summed E-state index contributed by atoms with van der Waals surface area (Å²) in [5.41, 5.74) is 4.00. The van der Waals surface area contributed by atoms with E-state index in [1.165, 1.54) is 4.88 Å². The number of fused-ring (bicyclic) bond motifs is 3. The summed E-state index contributed by atoms with van der Waals surface area (Å²) in [5, 5.41) is 10.4. The first-order valence-electron chi connectivity index (χ1n) is 9.92. The second kappa shape index (κ2) is 8.32. The molecule has 1 aromatic carbocycles. The van der Waals surface area contributed by atoms with Crippen LogP contribution in [0.3, 0.4) is 0 Å². The maximum atomic E-state index is 12.5. The monoisotopic (exact) mass is 442 g/mol. The molecule has 0 amide bonds. The molecule has 1 aliphatic rings. The molecule has 4 rings (SSSR count). The number of thiophene rings is 1. The van der Waals surface area contributed by atoms with Gasteiger partial charge in [-0.05, 0) is 44.9 Å². The molecule has 0 fully saturated rings. The highest BCUT2D eigenvalue weighted by Crippen LogP contribution is 2.39. The molecule has 0 saturated carbocycles. The highest BCUT2D eigenvalue weighted by atomic mass is 35.5. The van der Waals surface area contributed by atoms with Crippen molar-refractivity contribution in [2.24, 2.45) is 4.99 Å². The average molecular weight is 443 g/mol. The lowest BCUT2D eigenvalue weighted by molar-refractivity contribution is -0.144. The fourth-order valence-corrected chi connectivity index (χ4v) is 4.91. The van der Waals surface area contributed by atoms with E-state index in [9.17, 15) is 4.79 Å². The zero-order chi connectivity index (χ0) is 21.4. The van der Waals surface area contributed by atoms with Crippen LogP contribution in [0.5, 0.6) is 0 Å². The summed E-state index contributed by atoms with van der Waals surface area (Å²) in [4.78, 5) is 18.7. The predicted molar refractivity (Wildman–Crippen MR) is 119 cm³/mol. The Labute approximate surface area is 184 Å². The number of aliphatic imine (C=N–C) groups is 1. The zero-order valence-corrected chi connectivity index (χ0v) is 19.0. The molecule has 3 heterocycles. The number of aryl methyl sites for hydroxylation is 2. The van der Waals surface area contributed by atoms with Crippen LogP contribution in [0.1, 0.15) is 59.0 Å². The molecule has 30 heavy (non-hydrogen) atoms. The third-order valence-electron chi connectivity index (χ3n) is 5.18. The van der Waals surface area contributed by atoms with E-state index in [0.717, 1.165) is 39.6 Å². The number of carbonyl (C=O) groups is 1. The number of rotatable bonds is 5. The fourth-order valence-electron chi connectivity index (χ4n) is 3.57. The van der Waals surface area contributed by atoms with E-state index in [0.29, 0.717) is 17.5 Å². The number of hydrogen-bond donors (Lipinski definition) is 0. The molecule has 0 radical (unpaired) electrons. The van der Waals surface area contributed by atoms with Crippen molar-refractivity contribution in [3.63, 3.8) is 0 Å². The topological polar surface area (TPSA) is 69.4 Å². The number of hydrogen-bond acceptors (Lipinski definition) is 6. The van der Waals surface area contributed by atoms with E-state index in [2.05, 4.69) is 24.0 Å². The number of benzene rings is 1. The van der Waals surface area contributed by atoms with E-state index in [-0.39, 0.29) is 12.4 Å². The molecule has 156 valence electrons. The van der Waals surface area contributed by atoms with Gasteiger partial charge in [0.05, 0.1) is 18.7 Å². The van der Waals surface area contributed by atoms with Crippen LogP contribution in [0.15, 0.2) is 29.3 Å². The number of carbonyl (C=O) groups excluding carboxylic acids is 1. The molecule has 1 aliphatic heterocycles. The number of halogens is 1. The standard InChI is InChI=1S/C22H23ClN4O2S/c1-5-10-29-18(28)11-17-21-26-25-14(4)27(21)22-19(12(2)13(3)30-22)20(24-17)15-6-8-16(23)9-7-15/h6-9,17H,5,10-11H2,1-4H3/t17-/m0/s1. The van der Waals surface area contributed by atoms with Gasteiger partial charge >= 0.3 is 5.97 Å². The van der Waals surface area contributed by atoms with Crippen molar-refractivity contribution in [2.45, 2.75) is 46.6 Å². The second-order valence-electron chi connectivity index (χ2n) is 7.33. The van der Waals surface area contributed by atoms with Gasteiger partial charge in [0.15, 0.2) is 5.82 Å². The van der Waals surface area contributed by atoms with E-state index in [1.54, 1.807) is 11.3 Å². The van der Waals surface area contributed by atoms with E-state index >= 15 is 0 Å². The SMILES string of the molecule is CCCOC(=O)C[C@@H]1N=C(c2ccc(Cl)cc2)c2c(sc(C)c2C)-n2c(C)nnc21. The van der Waals surface area contributed by atoms with Crippen LogP contribution in [-0.2, 0) is 9.53 Å². The van der Waals surface area contributed by atoms with Crippen molar-refractivity contribution in [3.05, 3.63) is 62.5 Å². The van der Waals surface area contributed by atoms with Crippen LogP contribution in [0.2, 0.25) is 5.02 Å². The summed E-state index contributed by atoms with van der Waals surface area (Å²) in [6, 6.07) is 7.15. The third kappa shape index (κ3) is 3.68. The third-order valence-corrected chi connectivity index (χ3v) is 6.63. The number of ether oxygens (including phenoxy) is 1. The van der Waals surface area contributed by atoms with Crippen LogP contribution in [0.4, 0.5) is 0 Å². The van der Waals surface area contributed by atoms with Gasteiger partial charge in [0.1, 0.15) is 16.9 Å². The summed E-state index contributed by atoms with van der Waals surface area (Å²) in [6.07, 6.45) is 0.892. The van der Waals surface area contributed by atoms with E-state index in [4.69, 9.17) is 21.3 Å². The summed E-state index contributed by atoms with van der Waals surface area (Å²) in [7, 11) is 0. The smallest absolute Gasteiger partial charge is 0.308 e. The van der Waals surface area contributed by atoms with Gasteiger partial charge in [-0.1, -0.05) is 30.7 Å². The molecule has 0 unspecified atom stereocenters. The maximum Gasteiger partial charge on any atom is 0.308 e. The van der Waals surface area contributed by atoms with Crippen LogP contribution >= 0.6 is 22.9 Å². The molecule has 0 spiro atoms. The molecule has 3 aromatic rings. The van der Waals surface area contributed by atoms with Gasteiger partial charge in [0.25, 0.3) is 0 Å². The average Bonchev–Trinajstić information content (AvgIpc) is 3.19. The lowest BCUT2D eigenvalue weighted by atomic mass is 9.99. The largest absolute Gasteiger partial charge is 0.466 e. The number of aromatic nitrogens is 3. The number of esters is 1. The number of nitrogens with zero attached hydrogens (tertiary/aromatic N) is 4. The summed E-state index contributed by atoms with van der Waals surface area (Å²) in [6.45, 7) is 8.50. The first kappa shape index (κ1) is 20.8. The summed E-state index contributed by atoms with van der Waals surface area (Å²) < 4.78 is 7.37. The second-order valence-corrected chi connectivity index (χ2v) is 8.97. The quantitative estimate of drug-likeness (QED) is 0.513. The Morgan fingerprint density at radius 3 is 2.63 bits per heavy atom. The van der Waals surface area contributed by atoms with Crippen LogP contribution in [0, 0.1) is 20.8 Å². The zero-order valence-electron chi connectivity index (χ0n) is 17.4.